The zero-order chi connectivity index (χ0) is 12.8. The van der Waals surface area contributed by atoms with E-state index in [0.29, 0.717) is 6.04 Å². The van der Waals surface area contributed by atoms with E-state index >= 15 is 0 Å². The van der Waals surface area contributed by atoms with Gasteiger partial charge in [-0.1, -0.05) is 24.5 Å². The minimum absolute atomic E-state index is 0.372. The molecule has 1 N–H and O–H groups in total. The standard InChI is InChI=1S/C15H23NOS/c1-16-15(14-10-13(17-2)11-18-14)12-8-6-4-3-5-7-9-12/h8,10-11,15-16H,3-7,9H2,1-2H3. The molecule has 2 rings (SSSR count). The number of nitrogens with one attached hydrogen (secondary N) is 1. The number of ether oxygens (including phenoxy) is 1. The molecule has 0 saturated carbocycles. The Hall–Kier alpha value is -0.800. The molecule has 0 fully saturated rings. The van der Waals surface area contributed by atoms with Gasteiger partial charge in [0.25, 0.3) is 0 Å². The number of rotatable bonds is 4. The predicted molar refractivity (Wildman–Crippen MR) is 78.5 cm³/mol. The SMILES string of the molecule is CNC(C1=CCCCCCC1)c1cc(OC)cs1. The van der Waals surface area contributed by atoms with E-state index in [4.69, 9.17) is 4.74 Å². The van der Waals surface area contributed by atoms with Crippen molar-refractivity contribution in [2.24, 2.45) is 0 Å². The molecule has 0 bridgehead atoms. The van der Waals surface area contributed by atoms with Crippen molar-refractivity contribution < 1.29 is 4.74 Å². The van der Waals surface area contributed by atoms with Crippen molar-refractivity contribution in [3.05, 3.63) is 28.0 Å². The van der Waals surface area contributed by atoms with Crippen molar-refractivity contribution in [1.82, 2.24) is 5.32 Å². The first-order valence-electron chi connectivity index (χ1n) is 6.83. The van der Waals surface area contributed by atoms with Crippen LogP contribution in [0, 0.1) is 0 Å². The number of allylic oxidation sites excluding steroid dienone is 1. The highest BCUT2D eigenvalue weighted by atomic mass is 32.1. The molecule has 1 heterocycles. The summed E-state index contributed by atoms with van der Waals surface area (Å²) in [4.78, 5) is 1.36. The number of hydrogen-bond acceptors (Lipinski definition) is 3. The molecular weight excluding hydrogens is 242 g/mol. The molecule has 0 spiro atoms. The summed E-state index contributed by atoms with van der Waals surface area (Å²) in [6.07, 6.45) is 10.3. The summed E-state index contributed by atoms with van der Waals surface area (Å²) in [5, 5.41) is 5.55. The van der Waals surface area contributed by atoms with Crippen LogP contribution in [0.25, 0.3) is 0 Å². The van der Waals surface area contributed by atoms with E-state index in [1.54, 1.807) is 24.0 Å². The average molecular weight is 265 g/mol. The average Bonchev–Trinajstić information content (AvgIpc) is 2.81. The number of likely N-dealkylation sites (N-methyl/N-ethyl adjacent to an activating group) is 1. The largest absolute Gasteiger partial charge is 0.496 e. The number of methoxy groups -OCH3 is 1. The van der Waals surface area contributed by atoms with E-state index in [-0.39, 0.29) is 0 Å². The Morgan fingerprint density at radius 2 is 2.11 bits per heavy atom. The first kappa shape index (κ1) is 13.6. The summed E-state index contributed by atoms with van der Waals surface area (Å²) >= 11 is 1.78. The molecular formula is C15H23NOS. The zero-order valence-electron chi connectivity index (χ0n) is 11.4. The first-order chi connectivity index (χ1) is 8.85. The fourth-order valence-corrected chi connectivity index (χ4v) is 3.59. The monoisotopic (exact) mass is 265 g/mol. The molecule has 0 saturated heterocycles. The Bertz CT molecular complexity index is 397. The summed E-state index contributed by atoms with van der Waals surface area (Å²) in [7, 11) is 3.78. The Morgan fingerprint density at radius 1 is 1.28 bits per heavy atom. The van der Waals surface area contributed by atoms with E-state index in [0.717, 1.165) is 5.75 Å². The summed E-state index contributed by atoms with van der Waals surface area (Å²) in [5.41, 5.74) is 1.56. The lowest BCUT2D eigenvalue weighted by Gasteiger charge is -2.20. The van der Waals surface area contributed by atoms with Crippen LogP contribution in [0.3, 0.4) is 0 Å². The molecule has 0 aromatic carbocycles. The van der Waals surface area contributed by atoms with Gasteiger partial charge in [-0.2, -0.15) is 0 Å². The number of thiophene rings is 1. The van der Waals surface area contributed by atoms with Crippen LogP contribution in [0.5, 0.6) is 5.75 Å². The van der Waals surface area contributed by atoms with Gasteiger partial charge in [0, 0.05) is 10.3 Å². The van der Waals surface area contributed by atoms with E-state index in [1.807, 2.05) is 0 Å². The molecule has 3 heteroatoms. The minimum atomic E-state index is 0.372. The maximum atomic E-state index is 5.28. The van der Waals surface area contributed by atoms with Gasteiger partial charge in [-0.15, -0.1) is 11.3 Å². The van der Waals surface area contributed by atoms with Gasteiger partial charge in [-0.3, -0.25) is 0 Å². The van der Waals surface area contributed by atoms with Crippen molar-refractivity contribution >= 4 is 11.3 Å². The summed E-state index contributed by atoms with van der Waals surface area (Å²) < 4.78 is 5.28. The van der Waals surface area contributed by atoms with Gasteiger partial charge in [-0.05, 0) is 38.8 Å². The molecule has 2 nitrogen and oxygen atoms in total. The maximum Gasteiger partial charge on any atom is 0.129 e. The van der Waals surface area contributed by atoms with E-state index in [9.17, 15) is 0 Å². The van der Waals surface area contributed by atoms with Crippen molar-refractivity contribution in [2.45, 2.75) is 44.6 Å². The smallest absolute Gasteiger partial charge is 0.129 e. The lowest BCUT2D eigenvalue weighted by Crippen LogP contribution is -2.18. The lowest BCUT2D eigenvalue weighted by atomic mass is 9.94. The summed E-state index contributed by atoms with van der Waals surface area (Å²) in [6, 6.07) is 2.53. The molecule has 1 aromatic heterocycles. The van der Waals surface area contributed by atoms with Gasteiger partial charge in [0.15, 0.2) is 0 Å². The Labute approximate surface area is 114 Å². The molecule has 100 valence electrons. The lowest BCUT2D eigenvalue weighted by molar-refractivity contribution is 0.416. The molecule has 1 aliphatic rings. The van der Waals surface area contributed by atoms with Crippen molar-refractivity contribution in [1.29, 1.82) is 0 Å². The van der Waals surface area contributed by atoms with Crippen LogP contribution in [0.15, 0.2) is 23.1 Å². The zero-order valence-corrected chi connectivity index (χ0v) is 12.2. The number of hydrogen-bond donors (Lipinski definition) is 1. The molecule has 1 aromatic rings. The molecule has 1 aliphatic carbocycles. The molecule has 18 heavy (non-hydrogen) atoms. The third-order valence-electron chi connectivity index (χ3n) is 3.60. The van der Waals surface area contributed by atoms with Gasteiger partial charge in [0.2, 0.25) is 0 Å². The van der Waals surface area contributed by atoms with Crippen molar-refractivity contribution in [2.75, 3.05) is 14.2 Å². The third kappa shape index (κ3) is 3.36. The molecule has 1 atom stereocenters. The Morgan fingerprint density at radius 3 is 2.83 bits per heavy atom. The third-order valence-corrected chi connectivity index (χ3v) is 4.58. The second-order valence-corrected chi connectivity index (χ2v) is 5.79. The minimum Gasteiger partial charge on any atom is -0.496 e. The van der Waals surface area contributed by atoms with Crippen LogP contribution >= 0.6 is 11.3 Å². The van der Waals surface area contributed by atoms with Crippen LogP contribution in [0.1, 0.15) is 49.4 Å². The van der Waals surface area contributed by atoms with Crippen LogP contribution in [0.4, 0.5) is 0 Å². The quantitative estimate of drug-likeness (QED) is 0.820. The van der Waals surface area contributed by atoms with Gasteiger partial charge >= 0.3 is 0 Å². The molecule has 0 radical (unpaired) electrons. The van der Waals surface area contributed by atoms with Crippen molar-refractivity contribution in [3.8, 4) is 5.75 Å². The fraction of sp³-hybridized carbons (Fsp3) is 0.600. The van der Waals surface area contributed by atoms with Crippen LogP contribution in [0.2, 0.25) is 0 Å². The maximum absolute atomic E-state index is 5.28. The normalized spacial score (nSPS) is 18.7. The highest BCUT2D eigenvalue weighted by Crippen LogP contribution is 2.34. The molecule has 1 unspecified atom stereocenters. The fourth-order valence-electron chi connectivity index (χ4n) is 2.58. The van der Waals surface area contributed by atoms with E-state index < -0.39 is 0 Å². The van der Waals surface area contributed by atoms with E-state index in [1.165, 1.54) is 43.4 Å². The van der Waals surface area contributed by atoms with Gasteiger partial charge in [0.1, 0.15) is 5.75 Å². The highest BCUT2D eigenvalue weighted by Gasteiger charge is 2.17. The van der Waals surface area contributed by atoms with Crippen LogP contribution < -0.4 is 10.1 Å². The van der Waals surface area contributed by atoms with E-state index in [2.05, 4.69) is 29.9 Å². The molecule has 0 amide bonds. The topological polar surface area (TPSA) is 21.3 Å². The van der Waals surface area contributed by atoms with Crippen molar-refractivity contribution in [3.63, 3.8) is 0 Å². The van der Waals surface area contributed by atoms with Crippen LogP contribution in [-0.2, 0) is 0 Å². The van der Waals surface area contributed by atoms with Crippen LogP contribution in [-0.4, -0.2) is 14.2 Å². The van der Waals surface area contributed by atoms with Gasteiger partial charge < -0.3 is 10.1 Å². The Kier molecular flexibility index (Phi) is 5.26. The predicted octanol–water partition coefficient (Wildman–Crippen LogP) is 4.30. The highest BCUT2D eigenvalue weighted by molar-refractivity contribution is 7.10. The van der Waals surface area contributed by atoms with Gasteiger partial charge in [-0.25, -0.2) is 0 Å². The summed E-state index contributed by atoms with van der Waals surface area (Å²) in [5.74, 6) is 0.974. The summed E-state index contributed by atoms with van der Waals surface area (Å²) in [6.45, 7) is 0. The second kappa shape index (κ2) is 6.95. The molecule has 0 aliphatic heterocycles. The first-order valence-corrected chi connectivity index (χ1v) is 7.71. The second-order valence-electron chi connectivity index (χ2n) is 4.84. The van der Waals surface area contributed by atoms with Gasteiger partial charge in [0.05, 0.1) is 13.2 Å². The Balaban J connectivity index is 2.15.